The number of rotatable bonds is 4. The molecule has 140 valence electrons. The Bertz CT molecular complexity index is 823. The van der Waals surface area contributed by atoms with Gasteiger partial charge in [0.2, 0.25) is 0 Å². The molecule has 0 amide bonds. The minimum absolute atomic E-state index is 0. The number of allylic oxidation sites excluding steroid dienone is 3. The zero-order chi connectivity index (χ0) is 19.7. The van der Waals surface area contributed by atoms with Crippen LogP contribution in [0.3, 0.4) is 0 Å². The summed E-state index contributed by atoms with van der Waals surface area (Å²) in [6.07, 6.45) is 0.0727. The standard InChI is InChI=1S/C18H14Cl2F3NO2.Na.H/c1-3-15(25)12-8-11(4-5-17(12,2)9-24)26-16-13(19)6-10(7-14(16)20)18(21,22)23;;/h4-8,12H,3H2,1-2H3;;. The molecule has 1 aliphatic rings. The summed E-state index contributed by atoms with van der Waals surface area (Å²) in [5, 5.41) is 8.74. The van der Waals surface area contributed by atoms with E-state index in [0.29, 0.717) is 12.1 Å². The third-order valence-corrected chi connectivity index (χ3v) is 4.61. The van der Waals surface area contributed by atoms with Gasteiger partial charge in [-0.25, -0.2) is 0 Å². The fourth-order valence-electron chi connectivity index (χ4n) is 2.51. The van der Waals surface area contributed by atoms with Crippen molar-refractivity contribution in [2.45, 2.75) is 26.4 Å². The molecular formula is C18H15Cl2F3NNaO2. The van der Waals surface area contributed by atoms with E-state index in [0.717, 1.165) is 0 Å². The summed E-state index contributed by atoms with van der Waals surface area (Å²) in [6.45, 7) is 3.30. The van der Waals surface area contributed by atoms with Crippen LogP contribution in [0.5, 0.6) is 5.75 Å². The molecule has 2 atom stereocenters. The number of alkyl halides is 3. The SMILES string of the molecule is CCC(=O)C1C=C(Oc2c(Cl)cc(C(F)(F)F)cc2Cl)C=CC1(C)C#N.[NaH]. The molecule has 1 aromatic rings. The normalized spacial score (nSPS) is 21.7. The molecule has 0 heterocycles. The van der Waals surface area contributed by atoms with E-state index in [1.54, 1.807) is 13.8 Å². The molecule has 2 unspecified atom stereocenters. The van der Waals surface area contributed by atoms with Crippen LogP contribution < -0.4 is 4.74 Å². The molecule has 0 fully saturated rings. The Morgan fingerprint density at radius 1 is 1.33 bits per heavy atom. The zero-order valence-electron chi connectivity index (χ0n) is 13.8. The van der Waals surface area contributed by atoms with Crippen molar-refractivity contribution >= 4 is 58.5 Å². The van der Waals surface area contributed by atoms with Crippen molar-refractivity contribution < 1.29 is 22.7 Å². The number of ketones is 1. The average Bonchev–Trinajstić information content (AvgIpc) is 2.57. The second-order valence-electron chi connectivity index (χ2n) is 5.96. The Morgan fingerprint density at radius 2 is 1.89 bits per heavy atom. The van der Waals surface area contributed by atoms with Gasteiger partial charge in [0.05, 0.1) is 33.0 Å². The van der Waals surface area contributed by atoms with E-state index >= 15 is 0 Å². The predicted molar refractivity (Wildman–Crippen MR) is 99.0 cm³/mol. The number of nitrogens with zero attached hydrogens (tertiary/aromatic N) is 1. The minimum atomic E-state index is -4.59. The summed E-state index contributed by atoms with van der Waals surface area (Å²) >= 11 is 11.8. The molecule has 9 heteroatoms. The topological polar surface area (TPSA) is 50.1 Å². The second-order valence-corrected chi connectivity index (χ2v) is 6.78. The Morgan fingerprint density at radius 3 is 2.33 bits per heavy atom. The van der Waals surface area contributed by atoms with Gasteiger partial charge in [-0.15, -0.1) is 0 Å². The summed E-state index contributed by atoms with van der Waals surface area (Å²) in [7, 11) is 0. The van der Waals surface area contributed by atoms with Gasteiger partial charge in [0.25, 0.3) is 0 Å². The van der Waals surface area contributed by atoms with Gasteiger partial charge in [-0.1, -0.05) is 36.2 Å². The Kier molecular flexibility index (Phi) is 8.04. The van der Waals surface area contributed by atoms with Gasteiger partial charge >= 0.3 is 35.7 Å². The van der Waals surface area contributed by atoms with Crippen LogP contribution in [0.4, 0.5) is 13.2 Å². The maximum atomic E-state index is 12.8. The van der Waals surface area contributed by atoms with E-state index < -0.39 is 23.1 Å². The number of hydrogen-bond acceptors (Lipinski definition) is 3. The fraction of sp³-hybridized carbons (Fsp3) is 0.333. The number of benzene rings is 1. The molecular weight excluding hydrogens is 413 g/mol. The first-order valence-corrected chi connectivity index (χ1v) is 8.36. The quantitative estimate of drug-likeness (QED) is 0.610. The van der Waals surface area contributed by atoms with Gasteiger partial charge in [-0.2, -0.15) is 18.4 Å². The van der Waals surface area contributed by atoms with Crippen molar-refractivity contribution in [3.63, 3.8) is 0 Å². The third-order valence-electron chi connectivity index (χ3n) is 4.05. The van der Waals surface area contributed by atoms with Crippen molar-refractivity contribution in [2.24, 2.45) is 11.3 Å². The van der Waals surface area contributed by atoms with Gasteiger partial charge in [0.1, 0.15) is 11.5 Å². The van der Waals surface area contributed by atoms with Crippen LogP contribution in [0.15, 0.2) is 36.1 Å². The van der Waals surface area contributed by atoms with Crippen molar-refractivity contribution in [1.29, 1.82) is 5.26 Å². The van der Waals surface area contributed by atoms with E-state index in [1.165, 1.54) is 18.2 Å². The summed E-state index contributed by atoms with van der Waals surface area (Å²) in [5.41, 5.74) is -2.03. The van der Waals surface area contributed by atoms with Gasteiger partial charge in [-0.3, -0.25) is 4.79 Å². The van der Waals surface area contributed by atoms with Crippen molar-refractivity contribution in [3.8, 4) is 11.8 Å². The van der Waals surface area contributed by atoms with Gasteiger partial charge in [0.15, 0.2) is 5.75 Å². The molecule has 2 rings (SSSR count). The van der Waals surface area contributed by atoms with E-state index in [2.05, 4.69) is 6.07 Å². The third kappa shape index (κ3) is 5.30. The van der Waals surface area contributed by atoms with E-state index in [-0.39, 0.29) is 63.3 Å². The second kappa shape index (κ2) is 9.02. The monoisotopic (exact) mass is 427 g/mol. The Hall–Kier alpha value is -0.970. The Labute approximate surface area is 187 Å². The first-order chi connectivity index (χ1) is 12.0. The molecule has 0 bridgehead atoms. The van der Waals surface area contributed by atoms with Crippen LogP contribution in [0.1, 0.15) is 25.8 Å². The van der Waals surface area contributed by atoms with Gasteiger partial charge < -0.3 is 4.74 Å². The van der Waals surface area contributed by atoms with E-state index in [9.17, 15) is 23.2 Å². The number of halogens is 5. The summed E-state index contributed by atoms with van der Waals surface area (Å²) in [5.74, 6) is -0.887. The molecule has 1 aromatic carbocycles. The van der Waals surface area contributed by atoms with Crippen LogP contribution in [0.25, 0.3) is 0 Å². The van der Waals surface area contributed by atoms with Crippen LogP contribution in [-0.2, 0) is 11.0 Å². The van der Waals surface area contributed by atoms with Crippen molar-refractivity contribution in [2.75, 3.05) is 0 Å². The molecule has 0 N–H and O–H groups in total. The van der Waals surface area contributed by atoms with Crippen LogP contribution in [0.2, 0.25) is 10.0 Å². The number of carbonyl (C=O) groups excluding carboxylic acids is 1. The molecule has 27 heavy (non-hydrogen) atoms. The summed E-state index contributed by atoms with van der Waals surface area (Å²) in [4.78, 5) is 12.2. The molecule has 0 aromatic heterocycles. The first-order valence-electron chi connectivity index (χ1n) is 7.61. The molecule has 0 radical (unpaired) electrons. The average molecular weight is 428 g/mol. The summed E-state index contributed by atoms with van der Waals surface area (Å²) in [6, 6.07) is 3.52. The van der Waals surface area contributed by atoms with Crippen LogP contribution >= 0.6 is 23.2 Å². The van der Waals surface area contributed by atoms with E-state index in [1.807, 2.05) is 0 Å². The van der Waals surface area contributed by atoms with E-state index in [4.69, 9.17) is 27.9 Å². The van der Waals surface area contributed by atoms with Crippen molar-refractivity contribution in [3.05, 3.63) is 51.7 Å². The fourth-order valence-corrected chi connectivity index (χ4v) is 3.08. The number of carbonyl (C=O) groups is 1. The molecule has 0 aliphatic heterocycles. The van der Waals surface area contributed by atoms with Gasteiger partial charge in [0, 0.05) is 6.42 Å². The molecule has 0 spiro atoms. The maximum absolute atomic E-state index is 12.8. The summed E-state index contributed by atoms with van der Waals surface area (Å²) < 4.78 is 43.9. The van der Waals surface area contributed by atoms with Crippen molar-refractivity contribution in [1.82, 2.24) is 0 Å². The number of ether oxygens (including phenoxy) is 1. The van der Waals surface area contributed by atoms with Crippen LogP contribution in [-0.4, -0.2) is 35.3 Å². The number of hydrogen-bond donors (Lipinski definition) is 0. The molecule has 1 aliphatic carbocycles. The number of nitriles is 1. The first kappa shape index (κ1) is 24.1. The molecule has 0 saturated carbocycles. The molecule has 3 nitrogen and oxygen atoms in total. The van der Waals surface area contributed by atoms with Gasteiger partial charge in [-0.05, 0) is 31.2 Å². The predicted octanol–water partition coefficient (Wildman–Crippen LogP) is 5.32. The number of Topliss-reactive ketones (excluding diaryl/α,β-unsaturated/α-hetero) is 1. The zero-order valence-corrected chi connectivity index (χ0v) is 15.3. The van der Waals surface area contributed by atoms with Crippen LogP contribution in [0, 0.1) is 22.7 Å². The Balaban J connectivity index is 0.00000364. The molecule has 0 saturated heterocycles.